The van der Waals surface area contributed by atoms with Crippen LogP contribution in [0.15, 0.2) is 224 Å². The number of fused-ring (bicyclic) bond motifs is 18. The maximum Gasteiger partial charge on any atom is 0.227 e. The van der Waals surface area contributed by atoms with Crippen molar-refractivity contribution in [1.29, 1.82) is 0 Å². The molecule has 82 heavy (non-hydrogen) atoms. The molecule has 14 heteroatoms. The summed E-state index contributed by atoms with van der Waals surface area (Å²) in [5.41, 5.74) is 9.30. The Balaban J connectivity index is 0.000000140. The van der Waals surface area contributed by atoms with Crippen molar-refractivity contribution in [2.24, 2.45) is 0 Å². The largest absolute Gasteiger partial charge is 0.309 e. The molecule has 390 valence electrons. The fraction of sp³-hybridized carbons (Fsp3) is 0. The predicted octanol–water partition coefficient (Wildman–Crippen LogP) is 20.1. The summed E-state index contributed by atoms with van der Waals surface area (Å²) in [5.74, 6) is 1.55. The third kappa shape index (κ3) is 7.91. The normalized spacial score (nSPS) is 11.7. The van der Waals surface area contributed by atoms with Crippen LogP contribution in [0.1, 0.15) is 0 Å². The minimum absolute atomic E-state index is 0. The number of rotatable bonds is 5. The van der Waals surface area contributed by atoms with E-state index in [1.54, 1.807) is 0 Å². The van der Waals surface area contributed by atoms with E-state index >= 15 is 0 Å². The SMILES string of the molecule is Clc1nc(-c2ccccc2)nc(-c2cc3c(c4ccccc4n3-c3ccccc3)c3c2ccc2c4ccccc4sc23)n1.Clc1nc(Cl)nc(-c2cc3c(c4ccccc4n3-c3ccccc3)c3c2ccc2c4ccccc4sc23)n1.F. The first-order chi connectivity index (χ1) is 39.9. The van der Waals surface area contributed by atoms with Crippen LogP contribution in [0, 0.1) is 0 Å². The highest BCUT2D eigenvalue weighted by atomic mass is 35.5. The molecule has 6 heterocycles. The molecule has 0 saturated heterocycles. The number of hydrogen-bond donors (Lipinski definition) is 0. The lowest BCUT2D eigenvalue weighted by Gasteiger charge is -2.13. The molecule has 0 aliphatic heterocycles. The van der Waals surface area contributed by atoms with Gasteiger partial charge in [0.15, 0.2) is 17.5 Å². The number of nitrogens with zero attached hydrogens (tertiary/aromatic N) is 8. The molecule has 0 spiro atoms. The summed E-state index contributed by atoms with van der Waals surface area (Å²) in [6, 6.07) is 78.6. The van der Waals surface area contributed by atoms with Gasteiger partial charge in [0.25, 0.3) is 0 Å². The fourth-order valence-electron chi connectivity index (χ4n) is 12.0. The molecule has 0 radical (unpaired) electrons. The summed E-state index contributed by atoms with van der Waals surface area (Å²) in [4.78, 5) is 27.2. The van der Waals surface area contributed by atoms with Gasteiger partial charge in [0.2, 0.25) is 15.9 Å². The van der Waals surface area contributed by atoms with Crippen molar-refractivity contribution in [2.75, 3.05) is 0 Å². The van der Waals surface area contributed by atoms with E-state index in [4.69, 9.17) is 44.8 Å². The van der Waals surface area contributed by atoms with E-state index in [0.29, 0.717) is 17.5 Å². The van der Waals surface area contributed by atoms with Gasteiger partial charge in [-0.2, -0.15) is 24.9 Å². The van der Waals surface area contributed by atoms with Crippen LogP contribution in [-0.2, 0) is 0 Å². The van der Waals surface area contributed by atoms with Crippen LogP contribution in [0.3, 0.4) is 0 Å². The van der Waals surface area contributed by atoms with E-state index < -0.39 is 0 Å². The van der Waals surface area contributed by atoms with Gasteiger partial charge in [0, 0.05) is 101 Å². The molecule has 8 nitrogen and oxygen atoms in total. The van der Waals surface area contributed by atoms with Crippen LogP contribution in [0.4, 0.5) is 4.70 Å². The second kappa shape index (κ2) is 19.8. The summed E-state index contributed by atoms with van der Waals surface area (Å²) in [5, 5.41) is 14.7. The minimum atomic E-state index is 0. The van der Waals surface area contributed by atoms with Crippen LogP contribution >= 0.6 is 57.5 Å². The zero-order valence-corrected chi connectivity index (χ0v) is 46.7. The molecule has 0 unspecified atom stereocenters. The average molecular weight is 1160 g/mol. The Bertz CT molecular complexity index is 5400. The van der Waals surface area contributed by atoms with Gasteiger partial charge in [-0.25, -0.2) is 4.98 Å². The Morgan fingerprint density at radius 2 is 0.659 bits per heavy atom. The van der Waals surface area contributed by atoms with E-state index in [-0.39, 0.29) is 20.6 Å². The topological polar surface area (TPSA) is 87.2 Å². The van der Waals surface area contributed by atoms with Crippen molar-refractivity contribution in [3.63, 3.8) is 0 Å². The molecular weight excluding hydrogens is 1120 g/mol. The number of para-hydroxylation sites is 4. The quantitative estimate of drug-likeness (QED) is 0.171. The first-order valence-electron chi connectivity index (χ1n) is 26.2. The zero-order chi connectivity index (χ0) is 53.9. The first kappa shape index (κ1) is 49.8. The maximum atomic E-state index is 6.59. The van der Waals surface area contributed by atoms with E-state index in [1.807, 2.05) is 59.1 Å². The van der Waals surface area contributed by atoms with Gasteiger partial charge in [0.05, 0.1) is 22.1 Å². The monoisotopic (exact) mass is 1150 g/mol. The molecule has 17 aromatic rings. The molecule has 0 fully saturated rings. The summed E-state index contributed by atoms with van der Waals surface area (Å²) >= 11 is 22.8. The van der Waals surface area contributed by atoms with Crippen LogP contribution < -0.4 is 0 Å². The second-order valence-electron chi connectivity index (χ2n) is 19.8. The van der Waals surface area contributed by atoms with Gasteiger partial charge in [-0.15, -0.1) is 22.7 Å². The molecule has 17 rings (SSSR count). The second-order valence-corrected chi connectivity index (χ2v) is 22.9. The summed E-state index contributed by atoms with van der Waals surface area (Å²) in [6.07, 6.45) is 0. The van der Waals surface area contributed by atoms with Gasteiger partial charge in [-0.05, 0) is 106 Å². The Hall–Kier alpha value is -9.20. The smallest absolute Gasteiger partial charge is 0.227 e. The fourth-order valence-corrected chi connectivity index (χ4v) is 15.0. The lowest BCUT2D eigenvalue weighted by molar-refractivity contribution is 1.06. The van der Waals surface area contributed by atoms with E-state index in [9.17, 15) is 0 Å². The lowest BCUT2D eigenvalue weighted by Crippen LogP contribution is -1.99. The predicted molar refractivity (Wildman–Crippen MR) is 343 cm³/mol. The number of halogens is 4. The Labute approximate surface area is 489 Å². The zero-order valence-electron chi connectivity index (χ0n) is 42.8. The van der Waals surface area contributed by atoms with Gasteiger partial charge in [0.1, 0.15) is 0 Å². The van der Waals surface area contributed by atoms with Crippen LogP contribution in [0.25, 0.3) is 151 Å². The van der Waals surface area contributed by atoms with E-state index in [1.165, 1.54) is 72.7 Å². The molecule has 0 atom stereocenters. The molecule has 11 aromatic carbocycles. The highest BCUT2D eigenvalue weighted by Gasteiger charge is 2.25. The highest BCUT2D eigenvalue weighted by molar-refractivity contribution is 7.27. The summed E-state index contributed by atoms with van der Waals surface area (Å²) in [7, 11) is 0. The molecule has 6 aromatic heterocycles. The van der Waals surface area contributed by atoms with Crippen molar-refractivity contribution in [3.05, 3.63) is 240 Å². The van der Waals surface area contributed by atoms with Crippen molar-refractivity contribution in [3.8, 4) is 45.5 Å². The molecule has 0 aliphatic carbocycles. The van der Waals surface area contributed by atoms with Gasteiger partial charge in [-0.3, -0.25) is 4.70 Å². The Kier molecular flexibility index (Phi) is 12.0. The lowest BCUT2D eigenvalue weighted by atomic mass is 9.96. The Morgan fingerprint density at radius 1 is 0.293 bits per heavy atom. The molecule has 0 bridgehead atoms. The third-order valence-corrected chi connectivity index (χ3v) is 18.2. The number of aromatic nitrogens is 8. The first-order valence-corrected chi connectivity index (χ1v) is 28.9. The van der Waals surface area contributed by atoms with Crippen molar-refractivity contribution in [2.45, 2.75) is 0 Å². The van der Waals surface area contributed by atoms with Crippen LogP contribution in [0.2, 0.25) is 15.9 Å². The number of thiophene rings is 2. The van der Waals surface area contributed by atoms with Crippen LogP contribution in [0.5, 0.6) is 0 Å². The van der Waals surface area contributed by atoms with Crippen LogP contribution in [-0.4, -0.2) is 39.0 Å². The average Bonchev–Trinajstić information content (AvgIpc) is 2.83. The van der Waals surface area contributed by atoms with Crippen molar-refractivity contribution >= 4 is 163 Å². The maximum absolute atomic E-state index is 6.59. The standard InChI is InChI=1S/C37H21ClN4S.C31H16Cl2N4S.FH/c38-37-40-35(22-11-3-1-4-12-22)39-36(41-37)28-21-30-32(27-16-7-9-17-29(27)42(30)23-13-5-2-6-14-23)33-25(28)19-20-26-24-15-8-10-18-31(24)43-34(26)33;32-30-34-29(35-31(33)36-30)22-16-24-26(21-11-4-6-12-23(21)37(24)17-8-2-1-3-9-17)27-19(22)14-15-20-18-10-5-7-13-25(18)38-28(20)27;/h1-21H;1-16H;1H. The summed E-state index contributed by atoms with van der Waals surface area (Å²) in [6.45, 7) is 0. The molecule has 0 aliphatic rings. The number of hydrogen-bond acceptors (Lipinski definition) is 8. The molecule has 0 N–H and O–H groups in total. The molecule has 0 saturated carbocycles. The molecule has 0 amide bonds. The van der Waals surface area contributed by atoms with Gasteiger partial charge < -0.3 is 9.13 Å². The third-order valence-electron chi connectivity index (χ3n) is 15.3. The summed E-state index contributed by atoms with van der Waals surface area (Å²) < 4.78 is 9.67. The van der Waals surface area contributed by atoms with Crippen molar-refractivity contribution < 1.29 is 4.70 Å². The minimum Gasteiger partial charge on any atom is -0.309 e. The number of benzene rings is 11. The van der Waals surface area contributed by atoms with Gasteiger partial charge >= 0.3 is 0 Å². The van der Waals surface area contributed by atoms with Crippen molar-refractivity contribution in [1.82, 2.24) is 39.0 Å². The van der Waals surface area contributed by atoms with E-state index in [2.05, 4.69) is 217 Å². The van der Waals surface area contributed by atoms with E-state index in [0.717, 1.165) is 60.9 Å². The van der Waals surface area contributed by atoms with Gasteiger partial charge in [-0.1, -0.05) is 164 Å². The molecular formula is C68H38Cl3FN8S2. The Morgan fingerprint density at radius 3 is 1.13 bits per heavy atom. The highest BCUT2D eigenvalue weighted by Crippen LogP contribution is 2.49.